The summed E-state index contributed by atoms with van der Waals surface area (Å²) in [5.74, 6) is -2.45. The number of aromatic nitrogens is 2. The molecule has 144 valence electrons. The summed E-state index contributed by atoms with van der Waals surface area (Å²) >= 11 is 0. The lowest BCUT2D eigenvalue weighted by molar-refractivity contribution is -0.141. The van der Waals surface area contributed by atoms with E-state index in [0.29, 0.717) is 12.1 Å². The largest absolute Gasteiger partial charge is 0.480 e. The number of hydrogen-bond donors (Lipinski definition) is 7. The maximum absolute atomic E-state index is 11.9. The van der Waals surface area contributed by atoms with Crippen LogP contribution in [0.3, 0.4) is 0 Å². The van der Waals surface area contributed by atoms with Gasteiger partial charge in [0.2, 0.25) is 11.8 Å². The van der Waals surface area contributed by atoms with Crippen LogP contribution in [0, 0.1) is 0 Å². The van der Waals surface area contributed by atoms with Crippen LogP contribution in [-0.4, -0.2) is 64.0 Å². The van der Waals surface area contributed by atoms with Crippen molar-refractivity contribution in [1.29, 1.82) is 0 Å². The Hall–Kier alpha value is -3.15. The number of rotatable bonds is 11. The maximum Gasteiger partial charge on any atom is 0.326 e. The number of aliphatic carboxylic acids is 1. The summed E-state index contributed by atoms with van der Waals surface area (Å²) in [6, 6.07) is -1.97. The third-order valence-electron chi connectivity index (χ3n) is 3.33. The highest BCUT2D eigenvalue weighted by Crippen LogP contribution is 1.99. The minimum Gasteiger partial charge on any atom is -0.480 e. The molecular formula is C14H24N8O4. The second kappa shape index (κ2) is 10.7. The molecule has 26 heavy (non-hydrogen) atoms. The maximum atomic E-state index is 11.9. The van der Waals surface area contributed by atoms with Crippen molar-refractivity contribution in [2.75, 3.05) is 13.1 Å². The molecule has 0 aliphatic carbocycles. The summed E-state index contributed by atoms with van der Waals surface area (Å²) in [4.78, 5) is 45.2. The van der Waals surface area contributed by atoms with Crippen LogP contribution in [0.4, 0.5) is 0 Å². The summed E-state index contributed by atoms with van der Waals surface area (Å²) in [7, 11) is 0. The third kappa shape index (κ3) is 8.10. The number of guanidine groups is 1. The molecule has 2 unspecified atom stereocenters. The number of nitrogens with one attached hydrogen (secondary N) is 3. The van der Waals surface area contributed by atoms with Crippen molar-refractivity contribution in [2.24, 2.45) is 22.2 Å². The summed E-state index contributed by atoms with van der Waals surface area (Å²) in [6.45, 7) is -0.131. The summed E-state index contributed by atoms with van der Waals surface area (Å²) in [5.41, 5.74) is 16.8. The summed E-state index contributed by atoms with van der Waals surface area (Å²) < 4.78 is 0. The molecule has 0 saturated carbocycles. The lowest BCUT2D eigenvalue weighted by atomic mass is 10.1. The fourth-order valence-corrected chi connectivity index (χ4v) is 2.03. The Morgan fingerprint density at radius 1 is 1.35 bits per heavy atom. The van der Waals surface area contributed by atoms with Crippen LogP contribution >= 0.6 is 0 Å². The van der Waals surface area contributed by atoms with Gasteiger partial charge in [-0.3, -0.25) is 14.6 Å². The predicted octanol–water partition coefficient (Wildman–Crippen LogP) is -2.98. The van der Waals surface area contributed by atoms with Gasteiger partial charge in [-0.1, -0.05) is 0 Å². The van der Waals surface area contributed by atoms with E-state index in [0.717, 1.165) is 0 Å². The first-order chi connectivity index (χ1) is 12.3. The van der Waals surface area contributed by atoms with Gasteiger partial charge in [-0.15, -0.1) is 0 Å². The van der Waals surface area contributed by atoms with Crippen molar-refractivity contribution in [1.82, 2.24) is 20.6 Å². The van der Waals surface area contributed by atoms with E-state index in [1.165, 1.54) is 6.33 Å². The Morgan fingerprint density at radius 2 is 2.08 bits per heavy atom. The summed E-state index contributed by atoms with van der Waals surface area (Å²) in [5, 5.41) is 13.8. The topological polar surface area (TPSA) is 215 Å². The van der Waals surface area contributed by atoms with Gasteiger partial charge in [0.15, 0.2) is 5.96 Å². The molecule has 0 aliphatic rings. The first kappa shape index (κ1) is 20.9. The molecule has 1 heterocycles. The number of amides is 2. The quantitative estimate of drug-likeness (QED) is 0.121. The number of carboxylic acid groups (broad SMARTS) is 1. The molecule has 0 bridgehead atoms. The Kier molecular flexibility index (Phi) is 8.57. The van der Waals surface area contributed by atoms with Crippen LogP contribution in [0.25, 0.3) is 0 Å². The molecule has 12 nitrogen and oxygen atoms in total. The number of nitrogens with two attached hydrogens (primary N) is 3. The van der Waals surface area contributed by atoms with Crippen molar-refractivity contribution >= 4 is 23.7 Å². The number of carbonyl (C=O) groups excluding carboxylic acids is 2. The number of H-pyrrole nitrogens is 1. The predicted molar refractivity (Wildman–Crippen MR) is 92.8 cm³/mol. The van der Waals surface area contributed by atoms with Crippen LogP contribution < -0.4 is 27.8 Å². The minimum absolute atomic E-state index is 0.0879. The molecule has 0 fully saturated rings. The third-order valence-corrected chi connectivity index (χ3v) is 3.33. The average Bonchev–Trinajstić information content (AvgIpc) is 3.07. The summed E-state index contributed by atoms with van der Waals surface area (Å²) in [6.07, 6.45) is 3.75. The molecule has 0 spiro atoms. The smallest absolute Gasteiger partial charge is 0.326 e. The highest BCUT2D eigenvalue weighted by atomic mass is 16.4. The van der Waals surface area contributed by atoms with Crippen molar-refractivity contribution in [3.8, 4) is 0 Å². The van der Waals surface area contributed by atoms with Crippen molar-refractivity contribution in [3.63, 3.8) is 0 Å². The van der Waals surface area contributed by atoms with E-state index < -0.39 is 29.9 Å². The number of carboxylic acids is 1. The van der Waals surface area contributed by atoms with Gasteiger partial charge >= 0.3 is 5.97 Å². The zero-order chi connectivity index (χ0) is 19.5. The Labute approximate surface area is 149 Å². The van der Waals surface area contributed by atoms with E-state index in [1.807, 2.05) is 0 Å². The lowest BCUT2D eigenvalue weighted by Gasteiger charge is -2.15. The molecule has 0 aliphatic heterocycles. The zero-order valence-electron chi connectivity index (χ0n) is 14.1. The van der Waals surface area contributed by atoms with Crippen molar-refractivity contribution in [3.05, 3.63) is 18.2 Å². The normalized spacial score (nSPS) is 12.7. The van der Waals surface area contributed by atoms with Crippen LogP contribution in [-0.2, 0) is 20.8 Å². The molecule has 1 aromatic heterocycles. The van der Waals surface area contributed by atoms with E-state index in [1.54, 1.807) is 6.20 Å². The van der Waals surface area contributed by atoms with Crippen LogP contribution in [0.1, 0.15) is 18.5 Å². The molecule has 1 rings (SSSR count). The van der Waals surface area contributed by atoms with Gasteiger partial charge in [-0.05, 0) is 12.8 Å². The molecule has 0 aromatic carbocycles. The highest BCUT2D eigenvalue weighted by molar-refractivity contribution is 5.89. The van der Waals surface area contributed by atoms with Crippen LogP contribution in [0.5, 0.6) is 0 Å². The number of aromatic amines is 1. The molecule has 10 N–H and O–H groups in total. The lowest BCUT2D eigenvalue weighted by Crippen LogP contribution is -2.49. The molecule has 1 aromatic rings. The monoisotopic (exact) mass is 368 g/mol. The van der Waals surface area contributed by atoms with Crippen molar-refractivity contribution in [2.45, 2.75) is 31.3 Å². The van der Waals surface area contributed by atoms with E-state index in [2.05, 4.69) is 25.6 Å². The van der Waals surface area contributed by atoms with Gasteiger partial charge in [0.25, 0.3) is 0 Å². The van der Waals surface area contributed by atoms with E-state index in [-0.39, 0.29) is 31.9 Å². The number of aliphatic imine (C=N–C) groups is 1. The van der Waals surface area contributed by atoms with Gasteiger partial charge in [-0.2, -0.15) is 0 Å². The number of nitrogens with zero attached hydrogens (tertiary/aromatic N) is 2. The second-order valence-electron chi connectivity index (χ2n) is 5.51. The first-order valence-electron chi connectivity index (χ1n) is 7.87. The Morgan fingerprint density at radius 3 is 2.65 bits per heavy atom. The molecule has 12 heteroatoms. The molecule has 2 atom stereocenters. The van der Waals surface area contributed by atoms with Crippen LogP contribution in [0.15, 0.2) is 17.5 Å². The van der Waals surface area contributed by atoms with Gasteiger partial charge < -0.3 is 37.9 Å². The van der Waals surface area contributed by atoms with Crippen LogP contribution in [0.2, 0.25) is 0 Å². The fourth-order valence-electron chi connectivity index (χ4n) is 2.03. The Balaban J connectivity index is 2.36. The van der Waals surface area contributed by atoms with Gasteiger partial charge in [0.05, 0.1) is 18.9 Å². The molecule has 0 radical (unpaired) electrons. The molecule has 2 amide bonds. The van der Waals surface area contributed by atoms with Gasteiger partial charge in [0, 0.05) is 24.9 Å². The number of hydrogen-bond acceptors (Lipinski definition) is 6. The fraction of sp³-hybridized carbons (Fsp3) is 0.500. The molecule has 0 saturated heterocycles. The van der Waals surface area contributed by atoms with Gasteiger partial charge in [-0.25, -0.2) is 9.78 Å². The number of imidazole rings is 1. The number of carbonyl (C=O) groups is 3. The standard InChI is InChI=1S/C14H24N8O4/c15-9(4-8-5-18-7-21-8)12(24)20-6-11(23)22-10(13(25)26)2-1-3-19-14(16)17/h5,7,9-10H,1-4,6,15H2,(H,18,21)(H,20,24)(H,22,23)(H,25,26)(H4,16,17,19). The SMILES string of the molecule is NC(N)=NCCCC(NC(=O)CNC(=O)C(N)Cc1cnc[nH]1)C(=O)O. The van der Waals surface area contributed by atoms with E-state index >= 15 is 0 Å². The van der Waals surface area contributed by atoms with E-state index in [4.69, 9.17) is 22.3 Å². The van der Waals surface area contributed by atoms with E-state index in [9.17, 15) is 14.4 Å². The average molecular weight is 368 g/mol. The second-order valence-corrected chi connectivity index (χ2v) is 5.51. The van der Waals surface area contributed by atoms with Crippen molar-refractivity contribution < 1.29 is 19.5 Å². The molecular weight excluding hydrogens is 344 g/mol. The zero-order valence-corrected chi connectivity index (χ0v) is 14.1. The minimum atomic E-state index is -1.19. The van der Waals surface area contributed by atoms with Gasteiger partial charge in [0.1, 0.15) is 6.04 Å². The highest BCUT2D eigenvalue weighted by Gasteiger charge is 2.21. The Bertz CT molecular complexity index is 627. The first-order valence-corrected chi connectivity index (χ1v) is 7.87.